The lowest BCUT2D eigenvalue weighted by Crippen LogP contribution is -2.33. The molecule has 174 valence electrons. The Balaban J connectivity index is 0.00000324. The molecule has 0 saturated carbocycles. The zero-order valence-electron chi connectivity index (χ0n) is 17.4. The van der Waals surface area contributed by atoms with Crippen LogP contribution in [0.1, 0.15) is 7.85 Å². The second kappa shape index (κ2) is 9.46. The van der Waals surface area contributed by atoms with E-state index in [-0.39, 0.29) is 17.4 Å². The highest BCUT2D eigenvalue weighted by Gasteiger charge is 2.35. The number of ether oxygens (including phenoxy) is 2. The van der Waals surface area contributed by atoms with Gasteiger partial charge in [-0.3, -0.25) is 14.8 Å². The number of carbonyl (C=O) groups excluding carboxylic acids is 2. The molecule has 1 aliphatic rings. The molecule has 2 heterocycles. The molecule has 2 N–H and O–H groups in total. The lowest BCUT2D eigenvalue weighted by atomic mass is 10.3. The van der Waals surface area contributed by atoms with Crippen LogP contribution in [0.4, 0.5) is 21.3 Å². The quantitative estimate of drug-likeness (QED) is 0.518. The van der Waals surface area contributed by atoms with Crippen molar-refractivity contribution >= 4 is 49.9 Å². The number of thiazole rings is 1. The van der Waals surface area contributed by atoms with Gasteiger partial charge in [0.05, 0.1) is 12.0 Å². The first-order chi connectivity index (χ1) is 15.9. The number of nitrogens with one attached hydrogen (secondary N) is 2. The van der Waals surface area contributed by atoms with Crippen molar-refractivity contribution in [2.75, 3.05) is 28.6 Å². The Morgan fingerprint density at radius 2 is 2.03 bits per heavy atom. The Hall–Kier alpha value is -3.64. The summed E-state index contributed by atoms with van der Waals surface area (Å²) in [6, 6.07) is 12.6. The van der Waals surface area contributed by atoms with Crippen molar-refractivity contribution in [3.63, 3.8) is 0 Å². The summed E-state index contributed by atoms with van der Waals surface area (Å²) in [6.07, 6.45) is 0.125. The molecule has 1 aliphatic heterocycles. The highest BCUT2D eigenvalue weighted by atomic mass is 32.2. The van der Waals surface area contributed by atoms with Crippen LogP contribution < -0.4 is 19.7 Å². The molecular weight excluding hydrogens is 468 g/mol. The maximum Gasteiger partial charge on any atom is 0.412 e. The zero-order valence-corrected chi connectivity index (χ0v) is 19.1. The summed E-state index contributed by atoms with van der Waals surface area (Å²) in [5, 5.41) is 4.50. The fraction of sp³-hybridized carbons (Fsp3) is 0.190. The molecule has 2 aromatic carbocycles. The molecule has 1 atom stereocenters. The fourth-order valence-electron chi connectivity index (χ4n) is 3.25. The van der Waals surface area contributed by atoms with Crippen LogP contribution in [0.25, 0.3) is 0 Å². The Kier molecular flexibility index (Phi) is 6.47. The van der Waals surface area contributed by atoms with E-state index in [4.69, 9.17) is 9.47 Å². The Bertz CT molecular complexity index is 1250. The highest BCUT2D eigenvalue weighted by Crippen LogP contribution is 2.26. The van der Waals surface area contributed by atoms with Crippen LogP contribution in [0.5, 0.6) is 5.75 Å². The van der Waals surface area contributed by atoms with Crippen molar-refractivity contribution in [1.82, 2.24) is 4.98 Å². The van der Waals surface area contributed by atoms with Crippen molar-refractivity contribution in [3.8, 4) is 5.75 Å². The average Bonchev–Trinajstić information content (AvgIpc) is 3.43. The normalized spacial score (nSPS) is 15.8. The van der Waals surface area contributed by atoms with E-state index in [0.29, 0.717) is 30.1 Å². The Morgan fingerprint density at radius 1 is 1.24 bits per heavy atom. The van der Waals surface area contributed by atoms with Gasteiger partial charge in [0.15, 0.2) is 11.2 Å². The van der Waals surface area contributed by atoms with Gasteiger partial charge >= 0.3 is 6.09 Å². The summed E-state index contributed by atoms with van der Waals surface area (Å²) < 4.78 is 37.7. The second-order valence-electron chi connectivity index (χ2n) is 6.97. The molecule has 4 rings (SSSR count). The molecule has 0 unspecified atom stereocenters. The molecule has 2 amide bonds. The summed E-state index contributed by atoms with van der Waals surface area (Å²) in [5.41, 5.74) is 0.984. The number of hydrogen-bond acceptors (Lipinski definition) is 8. The molecule has 1 saturated heterocycles. The lowest BCUT2D eigenvalue weighted by molar-refractivity contribution is -0.124. The topological polar surface area (TPSA) is 127 Å². The molecule has 0 spiro atoms. The largest absolute Gasteiger partial charge is 0.497 e. The maximum atomic E-state index is 12.8. The lowest BCUT2D eigenvalue weighted by Gasteiger charge is -2.17. The minimum Gasteiger partial charge on any atom is -0.497 e. The fourth-order valence-corrected chi connectivity index (χ4v) is 5.04. The third-order valence-corrected chi connectivity index (χ3v) is 7.01. The number of benzene rings is 2. The van der Waals surface area contributed by atoms with Gasteiger partial charge in [-0.25, -0.2) is 18.2 Å². The van der Waals surface area contributed by atoms with Gasteiger partial charge in [0.2, 0.25) is 0 Å². The van der Waals surface area contributed by atoms with Crippen molar-refractivity contribution in [1.29, 1.82) is 0 Å². The molecule has 10 nitrogen and oxygen atoms in total. The molecule has 0 aliphatic carbocycles. The SMILES string of the molecule is COc1cccc(NC(=O)O[C@H]2CCN(c3ccc(S(=O)(=O)Nc4nccs4)cc3)C2=O)c1.[HH]. The van der Waals surface area contributed by atoms with Crippen LogP contribution in [0.2, 0.25) is 0 Å². The van der Waals surface area contributed by atoms with Crippen LogP contribution in [-0.4, -0.2) is 45.2 Å². The van der Waals surface area contributed by atoms with Crippen LogP contribution in [-0.2, 0) is 19.6 Å². The Labute approximate surface area is 195 Å². The molecule has 1 fully saturated rings. The third-order valence-electron chi connectivity index (χ3n) is 4.83. The molecule has 0 radical (unpaired) electrons. The second-order valence-corrected chi connectivity index (χ2v) is 9.54. The number of anilines is 3. The van der Waals surface area contributed by atoms with E-state index >= 15 is 0 Å². The molecule has 1 aromatic heterocycles. The van der Waals surface area contributed by atoms with Gasteiger partial charge in [-0.05, 0) is 36.4 Å². The molecular formula is C21H22N4O6S2. The van der Waals surface area contributed by atoms with E-state index in [1.54, 1.807) is 29.6 Å². The smallest absolute Gasteiger partial charge is 0.412 e. The van der Waals surface area contributed by atoms with Gasteiger partial charge in [0.1, 0.15) is 5.75 Å². The predicted octanol–water partition coefficient (Wildman–Crippen LogP) is 3.55. The minimum absolute atomic E-state index is 0. The number of methoxy groups -OCH3 is 1. The predicted molar refractivity (Wildman–Crippen MR) is 125 cm³/mol. The molecule has 12 heteroatoms. The molecule has 33 heavy (non-hydrogen) atoms. The van der Waals surface area contributed by atoms with E-state index < -0.39 is 22.2 Å². The monoisotopic (exact) mass is 490 g/mol. The van der Waals surface area contributed by atoms with Crippen molar-refractivity contribution < 1.29 is 28.9 Å². The summed E-state index contributed by atoms with van der Waals surface area (Å²) in [6.45, 7) is 0.333. The maximum absolute atomic E-state index is 12.8. The first kappa shape index (κ1) is 22.6. The van der Waals surface area contributed by atoms with E-state index in [0.717, 1.165) is 0 Å². The van der Waals surface area contributed by atoms with E-state index in [2.05, 4.69) is 15.0 Å². The van der Waals surface area contributed by atoms with Crippen molar-refractivity contribution in [2.24, 2.45) is 0 Å². The van der Waals surface area contributed by atoms with E-state index in [9.17, 15) is 18.0 Å². The van der Waals surface area contributed by atoms with Gasteiger partial charge in [-0.2, -0.15) is 0 Å². The summed E-state index contributed by atoms with van der Waals surface area (Å²) in [5.74, 6) is 0.190. The molecule has 0 bridgehead atoms. The number of aromatic nitrogens is 1. The highest BCUT2D eigenvalue weighted by molar-refractivity contribution is 7.93. The van der Waals surface area contributed by atoms with Gasteiger partial charge in [0.25, 0.3) is 15.9 Å². The summed E-state index contributed by atoms with van der Waals surface area (Å²) in [4.78, 5) is 30.4. The van der Waals surface area contributed by atoms with Crippen LogP contribution in [0.3, 0.4) is 0 Å². The van der Waals surface area contributed by atoms with Gasteiger partial charge in [-0.1, -0.05) is 6.07 Å². The molecule has 3 aromatic rings. The average molecular weight is 491 g/mol. The summed E-state index contributed by atoms with van der Waals surface area (Å²) in [7, 11) is -2.27. The van der Waals surface area contributed by atoms with Gasteiger partial charge in [0, 0.05) is 43.4 Å². The summed E-state index contributed by atoms with van der Waals surface area (Å²) >= 11 is 1.17. The first-order valence-corrected chi connectivity index (χ1v) is 12.2. The minimum atomic E-state index is -3.79. The number of hydrogen-bond donors (Lipinski definition) is 2. The van der Waals surface area contributed by atoms with Gasteiger partial charge < -0.3 is 14.4 Å². The van der Waals surface area contributed by atoms with Crippen LogP contribution in [0.15, 0.2) is 65.0 Å². The van der Waals surface area contributed by atoms with E-state index in [1.807, 2.05) is 0 Å². The number of sulfonamides is 1. The first-order valence-electron chi connectivity index (χ1n) is 9.81. The third kappa shape index (κ3) is 5.23. The Morgan fingerprint density at radius 3 is 2.73 bits per heavy atom. The number of carbonyl (C=O) groups is 2. The van der Waals surface area contributed by atoms with Crippen molar-refractivity contribution in [2.45, 2.75) is 17.4 Å². The zero-order chi connectivity index (χ0) is 23.4. The van der Waals surface area contributed by atoms with E-state index in [1.165, 1.54) is 53.8 Å². The van der Waals surface area contributed by atoms with Crippen molar-refractivity contribution in [3.05, 3.63) is 60.1 Å². The van der Waals surface area contributed by atoms with Crippen LogP contribution in [0, 0.1) is 0 Å². The number of amides is 2. The van der Waals surface area contributed by atoms with Gasteiger partial charge in [-0.15, -0.1) is 11.3 Å². The standard InChI is InChI=1S/C21H20N4O6S2.H2/c1-30-16-4-2-3-14(13-16)23-21(27)31-18-9-11-25(19(18)26)15-5-7-17(8-6-15)33(28,29)24-20-22-10-12-32-20;/h2-8,10,12-13,18H,9,11H2,1H3,(H,22,24)(H,23,27);1H/t18-;/m0./s1. The number of rotatable bonds is 7. The number of nitrogens with zero attached hydrogens (tertiary/aromatic N) is 2. The van der Waals surface area contributed by atoms with Crippen LogP contribution >= 0.6 is 11.3 Å².